The van der Waals surface area contributed by atoms with Gasteiger partial charge in [-0.25, -0.2) is 0 Å². The Morgan fingerprint density at radius 3 is 3.00 bits per heavy atom. The fourth-order valence-electron chi connectivity index (χ4n) is 1.89. The van der Waals surface area contributed by atoms with Crippen LogP contribution in [0, 0.1) is 0 Å². The molecule has 0 heterocycles. The Kier molecular flexibility index (Phi) is 5.99. The van der Waals surface area contributed by atoms with Crippen LogP contribution < -0.4 is 5.32 Å². The molecule has 2 atom stereocenters. The summed E-state index contributed by atoms with van der Waals surface area (Å²) in [4.78, 5) is 0. The maximum Gasteiger partial charge on any atom is 0.0176 e. The minimum Gasteiger partial charge on any atom is -0.310 e. The van der Waals surface area contributed by atoms with Crippen LogP contribution in [0.15, 0.2) is 11.1 Å². The molecule has 1 fully saturated rings. The summed E-state index contributed by atoms with van der Waals surface area (Å²) in [5.41, 5.74) is 2.89. The van der Waals surface area contributed by atoms with Crippen molar-refractivity contribution in [1.82, 2.24) is 5.32 Å². The molecule has 0 spiro atoms. The van der Waals surface area contributed by atoms with Crippen LogP contribution >= 0.6 is 23.4 Å². The average molecular weight is 234 g/mol. The van der Waals surface area contributed by atoms with Crippen molar-refractivity contribution in [3.05, 3.63) is 11.1 Å². The fourth-order valence-corrected chi connectivity index (χ4v) is 2.79. The van der Waals surface area contributed by atoms with Crippen LogP contribution in [0.4, 0.5) is 0 Å². The van der Waals surface area contributed by atoms with E-state index in [0.717, 1.165) is 11.8 Å². The quantitative estimate of drug-likeness (QED) is 0.799. The lowest BCUT2D eigenvalue weighted by Gasteiger charge is -2.28. The molecule has 0 bridgehead atoms. The fraction of sp³-hybridized carbons (Fsp3) is 0.818. The molecule has 0 aromatic heterocycles. The van der Waals surface area contributed by atoms with Gasteiger partial charge in [0.15, 0.2) is 0 Å². The minimum atomic E-state index is 0.702. The first-order valence-electron chi connectivity index (χ1n) is 5.28. The Hall–Kier alpha value is 0.340. The van der Waals surface area contributed by atoms with Crippen molar-refractivity contribution in [3.8, 4) is 0 Å². The monoisotopic (exact) mass is 233 g/mol. The van der Waals surface area contributed by atoms with Gasteiger partial charge in [-0.05, 0) is 38.0 Å². The molecule has 0 radical (unpaired) electrons. The third-order valence-electron chi connectivity index (χ3n) is 2.82. The first kappa shape index (κ1) is 12.4. The molecule has 1 N–H and O–H groups in total. The van der Waals surface area contributed by atoms with E-state index in [1.54, 1.807) is 5.54 Å². The highest BCUT2D eigenvalue weighted by Gasteiger charge is 2.20. The topological polar surface area (TPSA) is 12.0 Å². The van der Waals surface area contributed by atoms with Crippen molar-refractivity contribution in [3.63, 3.8) is 0 Å². The van der Waals surface area contributed by atoms with E-state index in [-0.39, 0.29) is 0 Å². The molecule has 0 amide bonds. The smallest absolute Gasteiger partial charge is 0.0176 e. The third-order valence-corrected chi connectivity index (χ3v) is 4.28. The molecule has 3 heteroatoms. The van der Waals surface area contributed by atoms with E-state index < -0.39 is 0 Å². The summed E-state index contributed by atoms with van der Waals surface area (Å²) in [7, 11) is 0. The van der Waals surface area contributed by atoms with Gasteiger partial charge in [-0.3, -0.25) is 0 Å². The summed E-state index contributed by atoms with van der Waals surface area (Å²) < 4.78 is 0. The van der Waals surface area contributed by atoms with Crippen LogP contribution in [-0.2, 0) is 0 Å². The Balaban J connectivity index is 2.24. The van der Waals surface area contributed by atoms with Crippen molar-refractivity contribution in [2.24, 2.45) is 0 Å². The standard InChI is InChI=1S/C11H20ClNS/c1-9(7-12)8-13-10-4-3-5-11(6-10)14-2/h7,10-11,13H,3-6,8H2,1-2H3. The molecule has 1 saturated carbocycles. The van der Waals surface area contributed by atoms with E-state index in [1.165, 1.54) is 31.3 Å². The molecule has 1 aliphatic carbocycles. The predicted molar refractivity (Wildman–Crippen MR) is 67.2 cm³/mol. The maximum absolute atomic E-state index is 5.62. The highest BCUT2D eigenvalue weighted by molar-refractivity contribution is 7.99. The average Bonchev–Trinajstić information content (AvgIpc) is 2.26. The largest absolute Gasteiger partial charge is 0.310 e. The number of thioether (sulfide) groups is 1. The Labute approximate surface area is 96.7 Å². The second kappa shape index (κ2) is 6.76. The molecule has 0 saturated heterocycles. The molecule has 82 valence electrons. The second-order valence-electron chi connectivity index (χ2n) is 4.06. The molecule has 1 aliphatic rings. The van der Waals surface area contributed by atoms with Gasteiger partial charge < -0.3 is 5.32 Å². The number of halogens is 1. The number of hydrogen-bond acceptors (Lipinski definition) is 2. The molecule has 1 rings (SSSR count). The van der Waals surface area contributed by atoms with Crippen LogP contribution in [0.1, 0.15) is 32.6 Å². The Morgan fingerprint density at radius 2 is 2.36 bits per heavy atom. The van der Waals surface area contributed by atoms with E-state index in [9.17, 15) is 0 Å². The SMILES string of the molecule is CSC1CCCC(NCC(C)=CCl)C1. The van der Waals surface area contributed by atoms with Gasteiger partial charge in [0.25, 0.3) is 0 Å². The second-order valence-corrected chi connectivity index (χ2v) is 5.41. The summed E-state index contributed by atoms with van der Waals surface area (Å²) in [5, 5.41) is 4.43. The van der Waals surface area contributed by atoms with E-state index >= 15 is 0 Å². The maximum atomic E-state index is 5.62. The first-order chi connectivity index (χ1) is 6.76. The van der Waals surface area contributed by atoms with Gasteiger partial charge in [-0.2, -0.15) is 11.8 Å². The zero-order chi connectivity index (χ0) is 10.4. The zero-order valence-corrected chi connectivity index (χ0v) is 10.6. The van der Waals surface area contributed by atoms with Gasteiger partial charge in [-0.1, -0.05) is 18.0 Å². The van der Waals surface area contributed by atoms with E-state index in [4.69, 9.17) is 11.6 Å². The van der Waals surface area contributed by atoms with Crippen molar-refractivity contribution in [1.29, 1.82) is 0 Å². The van der Waals surface area contributed by atoms with E-state index in [0.29, 0.717) is 6.04 Å². The molecular formula is C11H20ClNS. The number of nitrogens with one attached hydrogen (secondary N) is 1. The van der Waals surface area contributed by atoms with Gasteiger partial charge in [0.1, 0.15) is 0 Å². The van der Waals surface area contributed by atoms with Gasteiger partial charge in [0.05, 0.1) is 0 Å². The molecule has 14 heavy (non-hydrogen) atoms. The lowest BCUT2D eigenvalue weighted by Crippen LogP contribution is -2.35. The summed E-state index contributed by atoms with van der Waals surface area (Å²) in [6.45, 7) is 3.00. The van der Waals surface area contributed by atoms with Crippen LogP contribution in [-0.4, -0.2) is 24.1 Å². The Bertz CT molecular complexity index is 194. The molecule has 1 nitrogen and oxygen atoms in total. The van der Waals surface area contributed by atoms with Gasteiger partial charge >= 0.3 is 0 Å². The lowest BCUT2D eigenvalue weighted by molar-refractivity contribution is 0.391. The zero-order valence-electron chi connectivity index (χ0n) is 9.05. The third kappa shape index (κ3) is 4.24. The summed E-state index contributed by atoms with van der Waals surface area (Å²) in [6, 6.07) is 0.702. The van der Waals surface area contributed by atoms with Crippen LogP contribution in [0.5, 0.6) is 0 Å². The number of hydrogen-bond donors (Lipinski definition) is 1. The van der Waals surface area contributed by atoms with Gasteiger partial charge in [0, 0.05) is 23.4 Å². The van der Waals surface area contributed by atoms with E-state index in [2.05, 4.69) is 18.5 Å². The van der Waals surface area contributed by atoms with Crippen LogP contribution in [0.25, 0.3) is 0 Å². The van der Waals surface area contributed by atoms with Crippen LogP contribution in [0.3, 0.4) is 0 Å². The summed E-state index contributed by atoms with van der Waals surface area (Å²) in [5.74, 6) is 0. The minimum absolute atomic E-state index is 0.702. The molecule has 0 aromatic rings. The molecule has 0 aromatic carbocycles. The molecule has 2 unspecified atom stereocenters. The normalized spacial score (nSPS) is 29.2. The number of rotatable bonds is 4. The van der Waals surface area contributed by atoms with Crippen molar-refractivity contribution in [2.75, 3.05) is 12.8 Å². The van der Waals surface area contributed by atoms with Crippen molar-refractivity contribution in [2.45, 2.75) is 43.9 Å². The van der Waals surface area contributed by atoms with Crippen molar-refractivity contribution >= 4 is 23.4 Å². The van der Waals surface area contributed by atoms with Crippen molar-refractivity contribution < 1.29 is 0 Å². The first-order valence-corrected chi connectivity index (χ1v) is 7.00. The highest BCUT2D eigenvalue weighted by Crippen LogP contribution is 2.26. The van der Waals surface area contributed by atoms with Gasteiger partial charge in [-0.15, -0.1) is 0 Å². The van der Waals surface area contributed by atoms with E-state index in [1.807, 2.05) is 11.8 Å². The van der Waals surface area contributed by atoms with Crippen LogP contribution in [0.2, 0.25) is 0 Å². The molecular weight excluding hydrogens is 214 g/mol. The lowest BCUT2D eigenvalue weighted by atomic mass is 9.95. The summed E-state index contributed by atoms with van der Waals surface area (Å²) >= 11 is 7.63. The summed E-state index contributed by atoms with van der Waals surface area (Å²) in [6.07, 6.45) is 7.62. The Morgan fingerprint density at radius 1 is 1.57 bits per heavy atom. The predicted octanol–water partition coefficient (Wildman–Crippen LogP) is 3.39. The highest BCUT2D eigenvalue weighted by atomic mass is 35.5. The van der Waals surface area contributed by atoms with Gasteiger partial charge in [0.2, 0.25) is 0 Å². The molecule has 0 aliphatic heterocycles.